The molecule has 10 heteroatoms. The molecule has 1 aromatic carbocycles. The molecule has 9 nitrogen and oxygen atoms in total. The molecule has 1 heterocycles. The molecule has 2 rings (SSSR count). The van der Waals surface area contributed by atoms with Gasteiger partial charge >= 0.3 is 5.97 Å². The number of halogens is 1. The number of carboxylic acid groups (broad SMARTS) is 1. The number of nitrogens with two attached hydrogens (primary N) is 2. The molecular weight excluding hydrogens is 417 g/mol. The number of ketones is 1. The fraction of sp³-hybridized carbons (Fsp3) is 0.455. The Morgan fingerprint density at radius 1 is 1.38 bits per heavy atom. The van der Waals surface area contributed by atoms with Crippen LogP contribution in [0.15, 0.2) is 24.0 Å². The van der Waals surface area contributed by atoms with E-state index >= 15 is 4.39 Å². The molecule has 32 heavy (non-hydrogen) atoms. The SMILES string of the molecule is CC.CC(C)Nc1c2c(NCCCN(C)/C=C\N)c(F)c(N)c1C(=O)/C(C(=O)O)=C\CO2. The second-order valence-corrected chi connectivity index (χ2v) is 7.15. The minimum atomic E-state index is -1.43. The molecule has 2 bridgehead atoms. The Hall–Kier alpha value is -3.43. The summed E-state index contributed by atoms with van der Waals surface area (Å²) >= 11 is 0. The van der Waals surface area contributed by atoms with Crippen molar-refractivity contribution < 1.29 is 23.8 Å². The summed E-state index contributed by atoms with van der Waals surface area (Å²) in [5, 5.41) is 15.4. The molecule has 0 radical (unpaired) electrons. The van der Waals surface area contributed by atoms with Crippen molar-refractivity contribution in [2.75, 3.05) is 43.1 Å². The standard InChI is InChI=1S/C20H28FN5O4.C2H6/c1-11(2)25-16-13-15(23)14(21)17(24-7-4-8-26(3)9-6-22)19(16)30-10-5-12(18(13)27)20(28)29;1-2/h5-6,9,11,24-25H,4,7-8,10,22-23H2,1-3H3,(H,28,29);1-2H3/b9-6-,12-5+;. The minimum Gasteiger partial charge on any atom is -0.485 e. The minimum absolute atomic E-state index is 0.0244. The number of carbonyl (C=O) groups excluding carboxylic acids is 1. The maximum Gasteiger partial charge on any atom is 0.339 e. The van der Waals surface area contributed by atoms with E-state index in [-0.39, 0.29) is 35.3 Å². The van der Waals surface area contributed by atoms with Crippen LogP contribution in [-0.2, 0) is 4.79 Å². The molecule has 0 spiro atoms. The highest BCUT2D eigenvalue weighted by atomic mass is 19.1. The summed E-state index contributed by atoms with van der Waals surface area (Å²) in [7, 11) is 1.86. The normalized spacial score (nSPS) is 14.5. The third-order valence-corrected chi connectivity index (χ3v) is 4.41. The maximum absolute atomic E-state index is 15.1. The van der Waals surface area contributed by atoms with Crippen LogP contribution in [0, 0.1) is 5.82 Å². The van der Waals surface area contributed by atoms with Gasteiger partial charge in [0.05, 0.1) is 16.9 Å². The van der Waals surface area contributed by atoms with Crippen molar-refractivity contribution in [3.63, 3.8) is 0 Å². The average Bonchev–Trinajstić information content (AvgIpc) is 2.73. The van der Waals surface area contributed by atoms with Crippen molar-refractivity contribution in [3.8, 4) is 5.75 Å². The number of nitrogens with zero attached hydrogens (tertiary/aromatic N) is 1. The molecule has 7 N–H and O–H groups in total. The largest absolute Gasteiger partial charge is 0.485 e. The number of carbonyl (C=O) groups is 2. The molecular formula is C22H34FN5O4. The molecule has 0 unspecified atom stereocenters. The number of carboxylic acids is 1. The van der Waals surface area contributed by atoms with Gasteiger partial charge in [0, 0.05) is 38.6 Å². The van der Waals surface area contributed by atoms with Gasteiger partial charge in [-0.05, 0) is 26.3 Å². The number of hydrogen-bond donors (Lipinski definition) is 5. The van der Waals surface area contributed by atoms with Crippen molar-refractivity contribution in [1.29, 1.82) is 0 Å². The number of aliphatic carboxylic acids is 1. The van der Waals surface area contributed by atoms with Gasteiger partial charge in [-0.1, -0.05) is 13.8 Å². The van der Waals surface area contributed by atoms with Crippen molar-refractivity contribution in [2.24, 2.45) is 5.73 Å². The Morgan fingerprint density at radius 2 is 2.03 bits per heavy atom. The summed E-state index contributed by atoms with van der Waals surface area (Å²) < 4.78 is 20.8. The predicted molar refractivity (Wildman–Crippen MR) is 126 cm³/mol. The first-order valence-electron chi connectivity index (χ1n) is 10.5. The predicted octanol–water partition coefficient (Wildman–Crippen LogP) is 3.00. The molecule has 0 atom stereocenters. The summed E-state index contributed by atoms with van der Waals surface area (Å²) in [6.07, 6.45) is 4.96. The van der Waals surface area contributed by atoms with E-state index in [9.17, 15) is 14.7 Å². The molecule has 0 fully saturated rings. The smallest absolute Gasteiger partial charge is 0.339 e. The third-order valence-electron chi connectivity index (χ3n) is 4.41. The fourth-order valence-electron chi connectivity index (χ4n) is 3.07. The molecule has 1 aromatic rings. The number of anilines is 3. The highest BCUT2D eigenvalue weighted by Gasteiger charge is 2.33. The Kier molecular flexibility index (Phi) is 10.3. The quantitative estimate of drug-likeness (QED) is 0.217. The van der Waals surface area contributed by atoms with Gasteiger partial charge in [-0.2, -0.15) is 0 Å². The van der Waals surface area contributed by atoms with Crippen LogP contribution in [0.4, 0.5) is 21.5 Å². The summed E-state index contributed by atoms with van der Waals surface area (Å²) in [4.78, 5) is 26.2. The molecule has 1 aliphatic heterocycles. The van der Waals surface area contributed by atoms with E-state index in [0.29, 0.717) is 19.5 Å². The molecule has 178 valence electrons. The van der Waals surface area contributed by atoms with Gasteiger partial charge in [0.25, 0.3) is 0 Å². The van der Waals surface area contributed by atoms with E-state index in [4.69, 9.17) is 16.2 Å². The zero-order valence-electron chi connectivity index (χ0n) is 19.3. The molecule has 0 aliphatic carbocycles. The number of nitrogen functional groups attached to an aromatic ring is 1. The lowest BCUT2D eigenvalue weighted by Crippen LogP contribution is -2.24. The number of fused-ring (bicyclic) bond motifs is 2. The van der Waals surface area contributed by atoms with Gasteiger partial charge in [0.1, 0.15) is 17.9 Å². The number of ether oxygens (including phenoxy) is 1. The molecule has 0 saturated heterocycles. The monoisotopic (exact) mass is 451 g/mol. The Labute approximate surface area is 188 Å². The summed E-state index contributed by atoms with van der Waals surface area (Å²) in [6, 6.07) is -0.148. The van der Waals surface area contributed by atoms with E-state index in [2.05, 4.69) is 10.6 Å². The topological polar surface area (TPSA) is 143 Å². The van der Waals surface area contributed by atoms with E-state index in [1.807, 2.05) is 39.6 Å². The summed E-state index contributed by atoms with van der Waals surface area (Å²) in [5.41, 5.74) is 10.3. The summed E-state index contributed by atoms with van der Waals surface area (Å²) in [5.74, 6) is -3.06. The number of hydrogen-bond acceptors (Lipinski definition) is 8. The number of Topliss-reactive ketones (excluding diaryl/α,β-unsaturated/α-hetero) is 1. The van der Waals surface area contributed by atoms with Crippen LogP contribution >= 0.6 is 0 Å². The molecule has 1 aliphatic rings. The van der Waals surface area contributed by atoms with Crippen LogP contribution in [-0.4, -0.2) is 54.5 Å². The van der Waals surface area contributed by atoms with Gasteiger partial charge in [-0.25, -0.2) is 9.18 Å². The average molecular weight is 452 g/mol. The maximum atomic E-state index is 15.1. The van der Waals surface area contributed by atoms with Crippen LogP contribution in [0.5, 0.6) is 5.75 Å². The second-order valence-electron chi connectivity index (χ2n) is 7.15. The second kappa shape index (κ2) is 12.4. The lowest BCUT2D eigenvalue weighted by atomic mass is 9.96. The first kappa shape index (κ1) is 26.6. The number of benzene rings is 1. The highest BCUT2D eigenvalue weighted by Crippen LogP contribution is 2.45. The first-order valence-corrected chi connectivity index (χ1v) is 10.5. The van der Waals surface area contributed by atoms with Crippen LogP contribution in [0.2, 0.25) is 0 Å². The molecule has 0 aromatic heterocycles. The van der Waals surface area contributed by atoms with E-state index in [0.717, 1.165) is 6.08 Å². The van der Waals surface area contributed by atoms with Crippen molar-refractivity contribution in [1.82, 2.24) is 4.90 Å². The van der Waals surface area contributed by atoms with Gasteiger partial charge in [0.15, 0.2) is 11.6 Å². The van der Waals surface area contributed by atoms with Crippen molar-refractivity contribution in [2.45, 2.75) is 40.2 Å². The highest BCUT2D eigenvalue weighted by molar-refractivity contribution is 6.28. The van der Waals surface area contributed by atoms with Gasteiger partial charge in [-0.15, -0.1) is 0 Å². The van der Waals surface area contributed by atoms with Crippen LogP contribution < -0.4 is 26.8 Å². The Morgan fingerprint density at radius 3 is 2.59 bits per heavy atom. The van der Waals surface area contributed by atoms with Gasteiger partial charge < -0.3 is 36.8 Å². The van der Waals surface area contributed by atoms with E-state index < -0.39 is 28.8 Å². The Balaban J connectivity index is 0.00000249. The lowest BCUT2D eigenvalue weighted by molar-refractivity contribution is -0.132. The molecule has 0 amide bonds. The van der Waals surface area contributed by atoms with E-state index in [1.165, 1.54) is 6.20 Å². The van der Waals surface area contributed by atoms with E-state index in [1.54, 1.807) is 6.20 Å². The number of nitrogens with one attached hydrogen (secondary N) is 2. The Bertz CT molecular complexity index is 884. The molecule has 0 saturated carbocycles. The third kappa shape index (κ3) is 6.29. The van der Waals surface area contributed by atoms with Crippen LogP contribution in [0.3, 0.4) is 0 Å². The van der Waals surface area contributed by atoms with Crippen LogP contribution in [0.25, 0.3) is 0 Å². The van der Waals surface area contributed by atoms with Crippen molar-refractivity contribution in [3.05, 3.63) is 35.4 Å². The lowest BCUT2D eigenvalue weighted by Gasteiger charge is -2.25. The fourth-order valence-corrected chi connectivity index (χ4v) is 3.07. The van der Waals surface area contributed by atoms with Crippen LogP contribution in [0.1, 0.15) is 44.5 Å². The summed E-state index contributed by atoms with van der Waals surface area (Å²) in [6.45, 7) is 8.52. The number of rotatable bonds is 9. The first-order chi connectivity index (χ1) is 15.2. The van der Waals surface area contributed by atoms with Gasteiger partial charge in [0.2, 0.25) is 5.78 Å². The zero-order valence-corrected chi connectivity index (χ0v) is 19.3. The van der Waals surface area contributed by atoms with Crippen molar-refractivity contribution >= 4 is 28.8 Å². The van der Waals surface area contributed by atoms with Gasteiger partial charge in [-0.3, -0.25) is 4.79 Å². The zero-order chi connectivity index (χ0) is 24.4.